The van der Waals surface area contributed by atoms with E-state index < -0.39 is 11.7 Å². The molecule has 0 aromatic carbocycles. The molecule has 0 aliphatic rings. The highest BCUT2D eigenvalue weighted by molar-refractivity contribution is 5.75. The van der Waals surface area contributed by atoms with Crippen molar-refractivity contribution in [3.8, 4) is 0 Å². The van der Waals surface area contributed by atoms with Gasteiger partial charge in [-0.05, 0) is 13.3 Å². The van der Waals surface area contributed by atoms with E-state index in [0.29, 0.717) is 12.4 Å². The van der Waals surface area contributed by atoms with E-state index in [4.69, 9.17) is 5.84 Å². The molecule has 1 rings (SSSR count). The van der Waals surface area contributed by atoms with E-state index in [1.165, 1.54) is 0 Å². The van der Waals surface area contributed by atoms with Crippen molar-refractivity contribution in [3.05, 3.63) is 16.3 Å². The van der Waals surface area contributed by atoms with Crippen LogP contribution in [0.2, 0.25) is 0 Å². The van der Waals surface area contributed by atoms with Crippen LogP contribution >= 0.6 is 0 Å². The highest BCUT2D eigenvalue weighted by atomic mass is 16.2. The molecule has 0 saturated carbocycles. The van der Waals surface area contributed by atoms with Gasteiger partial charge in [-0.1, -0.05) is 13.3 Å². The predicted octanol–water partition coefficient (Wildman–Crippen LogP) is -0.575. The second-order valence-electron chi connectivity index (χ2n) is 3.20. The van der Waals surface area contributed by atoms with Gasteiger partial charge in [0, 0.05) is 6.54 Å². The van der Waals surface area contributed by atoms with Gasteiger partial charge in [0.15, 0.2) is 5.82 Å². The van der Waals surface area contributed by atoms with Crippen molar-refractivity contribution in [1.82, 2.24) is 19.8 Å². The number of aryl methyl sites for hydroxylation is 1. The molecule has 0 spiro atoms. The molecule has 0 fully saturated rings. The maximum atomic E-state index is 11.4. The summed E-state index contributed by atoms with van der Waals surface area (Å²) < 4.78 is 1.56. The van der Waals surface area contributed by atoms with Crippen molar-refractivity contribution in [2.75, 3.05) is 12.4 Å². The number of aromatic nitrogens is 3. The number of nitrogens with two attached hydrogens (primary N) is 1. The minimum absolute atomic E-state index is 0.297. The third-order valence-corrected chi connectivity index (χ3v) is 1.98. The molecule has 15 heavy (non-hydrogen) atoms. The Kier molecular flexibility index (Phi) is 3.48. The van der Waals surface area contributed by atoms with Crippen molar-refractivity contribution in [2.24, 2.45) is 0 Å². The molecule has 0 unspecified atom stereocenters. The molecular weight excluding hydrogens is 198 g/mol. The van der Waals surface area contributed by atoms with Gasteiger partial charge in [-0.15, -0.1) is 9.78 Å². The lowest BCUT2D eigenvalue weighted by molar-refractivity contribution is 0.238. The topological polar surface area (TPSA) is 94.9 Å². The van der Waals surface area contributed by atoms with Crippen LogP contribution in [0.1, 0.15) is 25.6 Å². The summed E-state index contributed by atoms with van der Waals surface area (Å²) in [5.41, 5.74) is -0.638. The van der Waals surface area contributed by atoms with E-state index in [1.807, 2.05) is 6.92 Å². The Morgan fingerprint density at radius 1 is 1.60 bits per heavy atom. The molecule has 0 radical (unpaired) electrons. The van der Waals surface area contributed by atoms with Crippen LogP contribution < -0.4 is 16.8 Å². The fourth-order valence-electron chi connectivity index (χ4n) is 1.06. The molecule has 7 heteroatoms. The Morgan fingerprint density at radius 2 is 2.27 bits per heavy atom. The number of nitrogens with one attached hydrogen (secondary N) is 1. The van der Waals surface area contributed by atoms with Crippen LogP contribution in [0.4, 0.5) is 4.79 Å². The van der Waals surface area contributed by atoms with Crippen LogP contribution in [0.25, 0.3) is 0 Å². The number of carbonyl (C=O) groups excluding carboxylic acids is 1. The van der Waals surface area contributed by atoms with Gasteiger partial charge in [0.05, 0.1) is 0 Å². The lowest BCUT2D eigenvalue weighted by atomic mass is 10.3. The predicted molar refractivity (Wildman–Crippen MR) is 55.1 cm³/mol. The van der Waals surface area contributed by atoms with Crippen molar-refractivity contribution in [2.45, 2.75) is 26.7 Å². The van der Waals surface area contributed by atoms with Gasteiger partial charge in [0.25, 0.3) is 0 Å². The number of rotatable bonds is 3. The summed E-state index contributed by atoms with van der Waals surface area (Å²) in [6.45, 7) is 4.09. The zero-order valence-electron chi connectivity index (χ0n) is 8.86. The first-order chi connectivity index (χ1) is 7.07. The standard InChI is InChI=1S/C8H15N5O2/c1-3-4-5-10-7(14)13-8(15)12(9)6(2)11-13/h3-5,9H2,1-2H3,(H,10,14). The van der Waals surface area contributed by atoms with Crippen LogP contribution in [-0.4, -0.2) is 27.0 Å². The number of hydrogen-bond acceptors (Lipinski definition) is 4. The molecule has 1 amide bonds. The first-order valence-electron chi connectivity index (χ1n) is 4.80. The van der Waals surface area contributed by atoms with Crippen LogP contribution in [-0.2, 0) is 0 Å². The van der Waals surface area contributed by atoms with Crippen molar-refractivity contribution < 1.29 is 4.79 Å². The van der Waals surface area contributed by atoms with Gasteiger partial charge in [-0.25, -0.2) is 9.59 Å². The molecule has 0 bridgehead atoms. The lowest BCUT2D eigenvalue weighted by Crippen LogP contribution is -2.39. The van der Waals surface area contributed by atoms with Crippen LogP contribution in [0.15, 0.2) is 4.79 Å². The van der Waals surface area contributed by atoms with Gasteiger partial charge in [0.2, 0.25) is 0 Å². The van der Waals surface area contributed by atoms with E-state index in [2.05, 4.69) is 10.4 Å². The van der Waals surface area contributed by atoms with Crippen molar-refractivity contribution in [1.29, 1.82) is 0 Å². The minimum atomic E-state index is -0.638. The first kappa shape index (κ1) is 11.3. The summed E-state index contributed by atoms with van der Waals surface area (Å²) in [6, 6.07) is -0.541. The zero-order chi connectivity index (χ0) is 11.4. The summed E-state index contributed by atoms with van der Waals surface area (Å²) in [6.07, 6.45) is 1.84. The Hall–Kier alpha value is -1.79. The Labute approximate surface area is 86.8 Å². The number of nitrogen functional groups attached to an aromatic ring is 1. The van der Waals surface area contributed by atoms with E-state index in [-0.39, 0.29) is 0 Å². The molecule has 1 heterocycles. The maximum Gasteiger partial charge on any atom is 0.373 e. The number of carbonyl (C=O) groups is 1. The smallest absolute Gasteiger partial charge is 0.336 e. The third-order valence-electron chi connectivity index (χ3n) is 1.98. The lowest BCUT2D eigenvalue weighted by Gasteiger charge is -2.01. The average molecular weight is 213 g/mol. The molecule has 0 aliphatic carbocycles. The van der Waals surface area contributed by atoms with Crippen LogP contribution in [0.3, 0.4) is 0 Å². The summed E-state index contributed by atoms with van der Waals surface area (Å²) in [5, 5.41) is 6.29. The van der Waals surface area contributed by atoms with Crippen molar-refractivity contribution >= 4 is 6.03 Å². The summed E-state index contributed by atoms with van der Waals surface area (Å²) >= 11 is 0. The van der Waals surface area contributed by atoms with Gasteiger partial charge >= 0.3 is 11.7 Å². The number of hydrogen-bond donors (Lipinski definition) is 2. The normalized spacial score (nSPS) is 10.3. The monoisotopic (exact) mass is 213 g/mol. The summed E-state index contributed by atoms with van der Waals surface area (Å²) in [4.78, 5) is 22.8. The molecule has 0 atom stereocenters. The second-order valence-corrected chi connectivity index (χ2v) is 3.20. The highest BCUT2D eigenvalue weighted by Gasteiger charge is 2.13. The highest BCUT2D eigenvalue weighted by Crippen LogP contribution is 1.86. The Bertz CT molecular complexity index is 406. The zero-order valence-corrected chi connectivity index (χ0v) is 8.86. The second kappa shape index (κ2) is 4.63. The molecule has 0 aliphatic heterocycles. The molecule has 0 saturated heterocycles. The first-order valence-corrected chi connectivity index (χ1v) is 4.80. The molecular formula is C8H15N5O2. The van der Waals surface area contributed by atoms with E-state index in [9.17, 15) is 9.59 Å². The van der Waals surface area contributed by atoms with Crippen LogP contribution in [0, 0.1) is 6.92 Å². The largest absolute Gasteiger partial charge is 0.373 e. The molecule has 3 N–H and O–H groups in total. The molecule has 1 aromatic rings. The fourth-order valence-corrected chi connectivity index (χ4v) is 1.06. The van der Waals surface area contributed by atoms with Gasteiger partial charge in [-0.2, -0.15) is 4.68 Å². The summed E-state index contributed by atoms with van der Waals surface area (Å²) in [7, 11) is 0. The van der Waals surface area contributed by atoms with Crippen molar-refractivity contribution in [3.63, 3.8) is 0 Å². The van der Waals surface area contributed by atoms with Gasteiger partial charge in [-0.3, -0.25) is 0 Å². The number of amides is 1. The number of unbranched alkanes of at least 4 members (excludes halogenated alkanes) is 1. The van der Waals surface area contributed by atoms with Crippen LogP contribution in [0.5, 0.6) is 0 Å². The maximum absolute atomic E-state index is 11.4. The van der Waals surface area contributed by atoms with E-state index in [1.54, 1.807) is 6.92 Å². The number of nitrogens with zero attached hydrogens (tertiary/aromatic N) is 3. The fraction of sp³-hybridized carbons (Fsp3) is 0.625. The quantitative estimate of drug-likeness (QED) is 0.519. The molecule has 7 nitrogen and oxygen atoms in total. The van der Waals surface area contributed by atoms with Gasteiger partial charge < -0.3 is 11.2 Å². The van der Waals surface area contributed by atoms with E-state index in [0.717, 1.165) is 22.2 Å². The Morgan fingerprint density at radius 3 is 2.73 bits per heavy atom. The third kappa shape index (κ3) is 2.36. The Balaban J connectivity index is 2.74. The minimum Gasteiger partial charge on any atom is -0.336 e. The van der Waals surface area contributed by atoms with E-state index >= 15 is 0 Å². The summed E-state index contributed by atoms with van der Waals surface area (Å²) in [5.74, 6) is 5.63. The average Bonchev–Trinajstić information content (AvgIpc) is 2.46. The van der Waals surface area contributed by atoms with Gasteiger partial charge in [0.1, 0.15) is 0 Å². The molecule has 1 aromatic heterocycles. The molecule has 84 valence electrons. The SMILES string of the molecule is CCCCNC(=O)n1nc(C)n(N)c1=O.